The molecule has 0 unspecified atom stereocenters. The molecule has 0 spiro atoms. The number of benzene rings is 1. The Labute approximate surface area is 114 Å². The van der Waals surface area contributed by atoms with Crippen molar-refractivity contribution in [2.24, 2.45) is 0 Å². The van der Waals surface area contributed by atoms with Gasteiger partial charge in [-0.25, -0.2) is 0 Å². The Morgan fingerprint density at radius 2 is 1.78 bits per heavy atom. The lowest BCUT2D eigenvalue weighted by molar-refractivity contribution is 0.0640. The summed E-state index contributed by atoms with van der Waals surface area (Å²) in [6, 6.07) is 5.35. The molecule has 0 aliphatic rings. The third-order valence-electron chi connectivity index (χ3n) is 2.74. The zero-order valence-corrected chi connectivity index (χ0v) is 12.3. The lowest BCUT2D eigenvalue weighted by Gasteiger charge is -2.31. The van der Waals surface area contributed by atoms with Crippen LogP contribution in [0.4, 0.5) is 0 Å². The number of carbonyl (C=O) groups excluding carboxylic acids is 1. The molecular weight excluding hydrogens is 250 g/mol. The Bertz CT molecular complexity index is 422. The van der Waals surface area contributed by atoms with E-state index in [-0.39, 0.29) is 18.0 Å². The number of hydrogen-bond donors (Lipinski definition) is 0. The van der Waals surface area contributed by atoms with Crippen LogP contribution < -0.4 is 4.74 Å². The van der Waals surface area contributed by atoms with Crippen LogP contribution in [0.1, 0.15) is 38.1 Å². The number of rotatable bonds is 4. The largest absolute Gasteiger partial charge is 0.496 e. The van der Waals surface area contributed by atoms with E-state index in [9.17, 15) is 4.79 Å². The Balaban J connectivity index is 3.16. The number of ether oxygens (including phenoxy) is 1. The van der Waals surface area contributed by atoms with Crippen LogP contribution in [0, 0.1) is 0 Å². The van der Waals surface area contributed by atoms with Crippen molar-refractivity contribution < 1.29 is 9.53 Å². The first kappa shape index (κ1) is 14.8. The van der Waals surface area contributed by atoms with Gasteiger partial charge in [-0.15, -0.1) is 0 Å². The fourth-order valence-corrected chi connectivity index (χ4v) is 2.21. The van der Waals surface area contributed by atoms with Crippen molar-refractivity contribution in [1.29, 1.82) is 0 Å². The van der Waals surface area contributed by atoms with E-state index in [4.69, 9.17) is 16.3 Å². The second-order valence-corrected chi connectivity index (χ2v) is 5.18. The summed E-state index contributed by atoms with van der Waals surface area (Å²) in [7, 11) is 1.54. The number of nitrogens with zero attached hydrogens (tertiary/aromatic N) is 1. The summed E-state index contributed by atoms with van der Waals surface area (Å²) >= 11 is 5.90. The molecule has 0 bridgehead atoms. The zero-order chi connectivity index (χ0) is 13.9. The first-order valence-electron chi connectivity index (χ1n) is 6.04. The highest BCUT2D eigenvalue weighted by Gasteiger charge is 2.24. The van der Waals surface area contributed by atoms with Crippen molar-refractivity contribution in [3.63, 3.8) is 0 Å². The minimum absolute atomic E-state index is 0.0338. The van der Waals surface area contributed by atoms with Crippen molar-refractivity contribution in [3.05, 3.63) is 28.8 Å². The van der Waals surface area contributed by atoms with Crippen molar-refractivity contribution in [1.82, 2.24) is 4.90 Å². The smallest absolute Gasteiger partial charge is 0.258 e. The molecule has 0 fully saturated rings. The highest BCUT2D eigenvalue weighted by atomic mass is 35.5. The maximum Gasteiger partial charge on any atom is 0.258 e. The van der Waals surface area contributed by atoms with E-state index in [1.165, 1.54) is 7.11 Å². The normalized spacial score (nSPS) is 10.9. The van der Waals surface area contributed by atoms with Gasteiger partial charge in [0.25, 0.3) is 5.91 Å². The van der Waals surface area contributed by atoms with Gasteiger partial charge in [0.1, 0.15) is 5.75 Å². The average Bonchev–Trinajstić information content (AvgIpc) is 2.27. The Morgan fingerprint density at radius 1 is 1.22 bits per heavy atom. The van der Waals surface area contributed by atoms with Crippen LogP contribution in [0.15, 0.2) is 18.2 Å². The van der Waals surface area contributed by atoms with E-state index in [1.807, 2.05) is 32.6 Å². The van der Waals surface area contributed by atoms with Crippen molar-refractivity contribution >= 4 is 17.5 Å². The fourth-order valence-electron chi connectivity index (χ4n) is 2.05. The number of hydrogen-bond acceptors (Lipinski definition) is 2. The van der Waals surface area contributed by atoms with Crippen LogP contribution in [0.5, 0.6) is 5.75 Å². The molecule has 0 atom stereocenters. The number of carbonyl (C=O) groups is 1. The SMILES string of the molecule is COc1cc(Cl)ccc1C(=O)N(C(C)C)C(C)C. The summed E-state index contributed by atoms with van der Waals surface area (Å²) in [5, 5.41) is 0.559. The third kappa shape index (κ3) is 3.16. The monoisotopic (exact) mass is 269 g/mol. The molecule has 100 valence electrons. The lowest BCUT2D eigenvalue weighted by atomic mass is 10.1. The zero-order valence-electron chi connectivity index (χ0n) is 11.5. The summed E-state index contributed by atoms with van der Waals surface area (Å²) in [4.78, 5) is 14.3. The molecule has 0 radical (unpaired) electrons. The van der Waals surface area contributed by atoms with E-state index in [0.717, 1.165) is 0 Å². The molecule has 3 nitrogen and oxygen atoms in total. The van der Waals surface area contributed by atoms with Gasteiger partial charge in [0.05, 0.1) is 12.7 Å². The molecule has 0 saturated carbocycles. The summed E-state index contributed by atoms with van der Waals surface area (Å²) in [5.74, 6) is 0.479. The van der Waals surface area contributed by atoms with E-state index in [0.29, 0.717) is 16.3 Å². The topological polar surface area (TPSA) is 29.5 Å². The Kier molecular flexibility index (Phi) is 5.03. The van der Waals surface area contributed by atoms with Crippen LogP contribution in [0.3, 0.4) is 0 Å². The van der Waals surface area contributed by atoms with E-state index in [1.54, 1.807) is 18.2 Å². The molecule has 0 aromatic heterocycles. The second-order valence-electron chi connectivity index (χ2n) is 4.74. The molecule has 18 heavy (non-hydrogen) atoms. The van der Waals surface area contributed by atoms with Crippen molar-refractivity contribution in [2.75, 3.05) is 7.11 Å². The van der Waals surface area contributed by atoms with Crippen LogP contribution in [0.2, 0.25) is 5.02 Å². The quantitative estimate of drug-likeness (QED) is 0.836. The summed E-state index contributed by atoms with van der Waals surface area (Å²) in [5.41, 5.74) is 0.546. The van der Waals surface area contributed by atoms with Gasteiger partial charge in [0.2, 0.25) is 0 Å². The van der Waals surface area contributed by atoms with Crippen molar-refractivity contribution in [2.45, 2.75) is 39.8 Å². The minimum atomic E-state index is -0.0338. The molecular formula is C14H20ClNO2. The van der Waals surface area contributed by atoms with Gasteiger partial charge < -0.3 is 9.64 Å². The third-order valence-corrected chi connectivity index (χ3v) is 2.98. The molecule has 0 saturated heterocycles. The van der Waals surface area contributed by atoms with Gasteiger partial charge >= 0.3 is 0 Å². The summed E-state index contributed by atoms with van der Waals surface area (Å²) < 4.78 is 5.22. The predicted molar refractivity (Wildman–Crippen MR) is 74.4 cm³/mol. The second kappa shape index (κ2) is 6.10. The molecule has 1 rings (SSSR count). The van der Waals surface area contributed by atoms with Crippen LogP contribution in [-0.2, 0) is 0 Å². The molecule has 1 aromatic rings. The fraction of sp³-hybridized carbons (Fsp3) is 0.500. The Hall–Kier alpha value is -1.22. The van der Waals surface area contributed by atoms with Crippen LogP contribution in [-0.4, -0.2) is 30.0 Å². The summed E-state index contributed by atoms with van der Waals surface area (Å²) in [6.07, 6.45) is 0. The predicted octanol–water partition coefficient (Wildman–Crippen LogP) is 3.61. The van der Waals surface area contributed by atoms with Gasteiger partial charge in [-0.2, -0.15) is 0 Å². The molecule has 4 heteroatoms. The van der Waals surface area contributed by atoms with Crippen LogP contribution >= 0.6 is 11.6 Å². The van der Waals surface area contributed by atoms with Gasteiger partial charge in [0.15, 0.2) is 0 Å². The number of methoxy groups -OCH3 is 1. The highest BCUT2D eigenvalue weighted by Crippen LogP contribution is 2.25. The molecule has 1 aromatic carbocycles. The molecule has 0 N–H and O–H groups in total. The van der Waals surface area contributed by atoms with Gasteiger partial charge in [-0.1, -0.05) is 11.6 Å². The molecule has 0 aliphatic carbocycles. The van der Waals surface area contributed by atoms with E-state index < -0.39 is 0 Å². The maximum atomic E-state index is 12.5. The van der Waals surface area contributed by atoms with Gasteiger partial charge in [-0.05, 0) is 45.9 Å². The summed E-state index contributed by atoms with van der Waals surface area (Å²) in [6.45, 7) is 8.00. The van der Waals surface area contributed by atoms with Gasteiger partial charge in [-0.3, -0.25) is 4.79 Å². The van der Waals surface area contributed by atoms with E-state index >= 15 is 0 Å². The lowest BCUT2D eigenvalue weighted by Crippen LogP contribution is -2.42. The van der Waals surface area contributed by atoms with Crippen LogP contribution in [0.25, 0.3) is 0 Å². The highest BCUT2D eigenvalue weighted by molar-refractivity contribution is 6.30. The Morgan fingerprint density at radius 3 is 2.22 bits per heavy atom. The molecule has 0 heterocycles. The van der Waals surface area contributed by atoms with Crippen molar-refractivity contribution in [3.8, 4) is 5.75 Å². The standard InChI is InChI=1S/C14H20ClNO2/c1-9(2)16(10(3)4)14(17)12-7-6-11(15)8-13(12)18-5/h6-10H,1-5H3. The first-order valence-corrected chi connectivity index (χ1v) is 6.42. The maximum absolute atomic E-state index is 12.5. The molecule has 0 aliphatic heterocycles. The van der Waals surface area contributed by atoms with E-state index in [2.05, 4.69) is 0 Å². The number of halogens is 1. The average molecular weight is 270 g/mol. The first-order chi connectivity index (χ1) is 8.38. The van der Waals surface area contributed by atoms with Gasteiger partial charge in [0, 0.05) is 17.1 Å². The molecule has 1 amide bonds. The number of amides is 1. The minimum Gasteiger partial charge on any atom is -0.496 e.